The summed E-state index contributed by atoms with van der Waals surface area (Å²) in [5.74, 6) is -0.223. The lowest BCUT2D eigenvalue weighted by Gasteiger charge is -2.40. The minimum Gasteiger partial charge on any atom is -0.489 e. The molecule has 50 heavy (non-hydrogen) atoms. The molecule has 0 spiro atoms. The Morgan fingerprint density at radius 1 is 0.880 bits per heavy atom. The highest BCUT2D eigenvalue weighted by molar-refractivity contribution is 6.07. The van der Waals surface area contributed by atoms with Gasteiger partial charge in [0.15, 0.2) is 0 Å². The van der Waals surface area contributed by atoms with Crippen molar-refractivity contribution < 1.29 is 23.5 Å². The molecule has 2 aliphatic heterocycles. The largest absolute Gasteiger partial charge is 0.489 e. The van der Waals surface area contributed by atoms with Crippen LogP contribution in [0.4, 0.5) is 10.1 Å². The number of nitrogens with zero attached hydrogens (tertiary/aromatic N) is 3. The van der Waals surface area contributed by atoms with Gasteiger partial charge in [-0.2, -0.15) is 0 Å². The molecule has 256 valence electrons. The van der Waals surface area contributed by atoms with E-state index in [4.69, 9.17) is 9.47 Å². The molecule has 3 heterocycles. The van der Waals surface area contributed by atoms with E-state index in [0.29, 0.717) is 65.9 Å². The number of fused-ring (bicyclic) bond motifs is 1. The van der Waals surface area contributed by atoms with Crippen LogP contribution in [0.25, 0.3) is 11.3 Å². The highest BCUT2D eigenvalue weighted by Gasteiger charge is 2.33. The van der Waals surface area contributed by atoms with E-state index in [2.05, 4.69) is 22.3 Å². The number of amides is 2. The summed E-state index contributed by atoms with van der Waals surface area (Å²) in [5.41, 5.74) is 6.61. The molecule has 0 saturated carbocycles. The number of anilines is 1. The molecule has 1 atom stereocenters. The molecule has 4 aromatic carbocycles. The third-order valence-electron chi connectivity index (χ3n) is 9.82. The van der Waals surface area contributed by atoms with E-state index < -0.39 is 5.82 Å². The molecule has 5 aromatic rings. The average Bonchev–Trinajstić information content (AvgIpc) is 3.44. The monoisotopic (exact) mass is 672 g/mol. The van der Waals surface area contributed by atoms with Crippen molar-refractivity contribution in [2.75, 3.05) is 38.2 Å². The number of hydrogen-bond donors (Lipinski definition) is 1. The summed E-state index contributed by atoms with van der Waals surface area (Å²) in [5, 5.41) is 2.98. The summed E-state index contributed by atoms with van der Waals surface area (Å²) >= 11 is 0. The van der Waals surface area contributed by atoms with Gasteiger partial charge in [-0.3, -0.25) is 14.5 Å². The van der Waals surface area contributed by atoms with E-state index in [9.17, 15) is 14.0 Å². The minimum atomic E-state index is -0.454. The first-order valence-corrected chi connectivity index (χ1v) is 17.1. The molecule has 1 saturated heterocycles. The number of carbonyl (C=O) groups excluding carboxylic acids is 2. The zero-order valence-electron chi connectivity index (χ0n) is 28.4. The first kappa shape index (κ1) is 33.3. The molecule has 7 rings (SSSR count). The van der Waals surface area contributed by atoms with Crippen molar-refractivity contribution >= 4 is 17.5 Å². The number of halogens is 1. The molecule has 9 heteroatoms. The van der Waals surface area contributed by atoms with Crippen molar-refractivity contribution in [3.05, 3.63) is 142 Å². The highest BCUT2D eigenvalue weighted by Crippen LogP contribution is 2.33. The summed E-state index contributed by atoms with van der Waals surface area (Å²) < 4.78 is 28.2. The number of morpholine rings is 1. The van der Waals surface area contributed by atoms with Gasteiger partial charge in [-0.1, -0.05) is 54.6 Å². The molecular formula is C41H41FN4O4. The van der Waals surface area contributed by atoms with Gasteiger partial charge in [0.25, 0.3) is 11.8 Å². The summed E-state index contributed by atoms with van der Waals surface area (Å²) in [6.45, 7) is 6.49. The molecule has 2 aliphatic rings. The number of benzene rings is 4. The van der Waals surface area contributed by atoms with E-state index in [1.54, 1.807) is 24.3 Å². The van der Waals surface area contributed by atoms with E-state index in [0.717, 1.165) is 37.2 Å². The Balaban J connectivity index is 1.13. The second-order valence-electron chi connectivity index (χ2n) is 13.0. The van der Waals surface area contributed by atoms with Gasteiger partial charge in [-0.15, -0.1) is 0 Å². The molecule has 0 radical (unpaired) electrons. The molecule has 1 fully saturated rings. The van der Waals surface area contributed by atoms with Gasteiger partial charge in [0, 0.05) is 67.5 Å². The van der Waals surface area contributed by atoms with Crippen LogP contribution in [0.3, 0.4) is 0 Å². The zero-order valence-corrected chi connectivity index (χ0v) is 28.4. The maximum atomic E-state index is 14.9. The third-order valence-corrected chi connectivity index (χ3v) is 9.82. The third kappa shape index (κ3) is 7.20. The Morgan fingerprint density at radius 3 is 2.36 bits per heavy atom. The van der Waals surface area contributed by atoms with Crippen molar-refractivity contribution in [1.29, 1.82) is 0 Å². The highest BCUT2D eigenvalue weighted by atomic mass is 19.1. The summed E-state index contributed by atoms with van der Waals surface area (Å²) in [7, 11) is 1.83. The molecular weight excluding hydrogens is 631 g/mol. The smallest absolute Gasteiger partial charge is 0.257 e. The first-order valence-electron chi connectivity index (χ1n) is 17.1. The van der Waals surface area contributed by atoms with Crippen molar-refractivity contribution in [1.82, 2.24) is 14.4 Å². The molecule has 8 nitrogen and oxygen atoms in total. The summed E-state index contributed by atoms with van der Waals surface area (Å²) in [6, 6.07) is 31.4. The Hall–Kier alpha value is -5.25. The lowest BCUT2D eigenvalue weighted by molar-refractivity contribution is 0.0193. The van der Waals surface area contributed by atoms with Crippen LogP contribution in [-0.2, 0) is 31.4 Å². The van der Waals surface area contributed by atoms with Crippen LogP contribution in [0, 0.1) is 12.7 Å². The van der Waals surface area contributed by atoms with Crippen LogP contribution in [0.15, 0.2) is 103 Å². The molecule has 2 amide bonds. The van der Waals surface area contributed by atoms with Gasteiger partial charge >= 0.3 is 0 Å². The van der Waals surface area contributed by atoms with Crippen LogP contribution in [0.5, 0.6) is 5.75 Å². The SMILES string of the molecule is Cc1c(C(=O)Nc2ccc(OCc3ccccc3)cc2)cc(-c2cc(F)ccc2C(=O)N2Cc3ccccc3C[C@H]2CN2CCOCC2)n1C. The maximum absolute atomic E-state index is 14.9. The van der Waals surface area contributed by atoms with Crippen LogP contribution in [0.2, 0.25) is 0 Å². The molecule has 1 N–H and O–H groups in total. The molecule has 1 aromatic heterocycles. The summed E-state index contributed by atoms with van der Waals surface area (Å²) in [4.78, 5) is 32.4. The lowest BCUT2D eigenvalue weighted by Crippen LogP contribution is -2.52. The zero-order chi connectivity index (χ0) is 34.6. The molecule has 0 bridgehead atoms. The van der Waals surface area contributed by atoms with Crippen molar-refractivity contribution in [3.8, 4) is 17.0 Å². The fourth-order valence-electron chi connectivity index (χ4n) is 6.90. The Bertz CT molecular complexity index is 1990. The number of hydrogen-bond acceptors (Lipinski definition) is 5. The summed E-state index contributed by atoms with van der Waals surface area (Å²) in [6.07, 6.45) is 0.740. The Morgan fingerprint density at radius 2 is 1.60 bits per heavy atom. The van der Waals surface area contributed by atoms with E-state index in [1.807, 2.05) is 78.0 Å². The number of nitrogens with one attached hydrogen (secondary N) is 1. The normalized spacial score (nSPS) is 16.1. The maximum Gasteiger partial charge on any atom is 0.257 e. The Labute approximate surface area is 292 Å². The van der Waals surface area contributed by atoms with Gasteiger partial charge in [0.1, 0.15) is 18.2 Å². The quantitative estimate of drug-likeness (QED) is 0.185. The fraction of sp³-hybridized carbons (Fsp3) is 0.268. The van der Waals surface area contributed by atoms with Gasteiger partial charge in [0.05, 0.1) is 18.8 Å². The van der Waals surface area contributed by atoms with E-state index >= 15 is 0 Å². The second-order valence-corrected chi connectivity index (χ2v) is 13.0. The standard InChI is InChI=1S/C41H41FN4O4/c1-28-37(40(47)43-33-13-15-35(16-14-33)50-27-29-8-4-3-5-9-29)24-39(44(28)2)38-23-32(42)12-17-36(38)41(48)46-25-31-11-7-6-10-30(31)22-34(46)26-45-18-20-49-21-19-45/h3-17,23-24,34H,18-22,25-27H2,1-2H3,(H,43,47)/t34-/m0/s1. The Kier molecular flexibility index (Phi) is 9.78. The predicted molar refractivity (Wildman–Crippen MR) is 192 cm³/mol. The van der Waals surface area contributed by atoms with Crippen molar-refractivity contribution in [2.45, 2.75) is 32.5 Å². The predicted octanol–water partition coefficient (Wildman–Crippen LogP) is 6.87. The van der Waals surface area contributed by atoms with Crippen molar-refractivity contribution in [3.63, 3.8) is 0 Å². The number of carbonyl (C=O) groups is 2. The number of ether oxygens (including phenoxy) is 2. The van der Waals surface area contributed by atoms with Gasteiger partial charge in [-0.05, 0) is 78.6 Å². The number of rotatable bonds is 9. The van der Waals surface area contributed by atoms with Crippen LogP contribution >= 0.6 is 0 Å². The lowest BCUT2D eigenvalue weighted by atomic mass is 9.92. The first-order chi connectivity index (χ1) is 24.3. The fourth-order valence-corrected chi connectivity index (χ4v) is 6.90. The average molecular weight is 673 g/mol. The van der Waals surface area contributed by atoms with Gasteiger partial charge < -0.3 is 24.3 Å². The molecule has 0 unspecified atom stereocenters. The van der Waals surface area contributed by atoms with Gasteiger partial charge in [0.2, 0.25) is 0 Å². The minimum absolute atomic E-state index is 0.0555. The van der Waals surface area contributed by atoms with E-state index in [-0.39, 0.29) is 17.9 Å². The van der Waals surface area contributed by atoms with E-state index in [1.165, 1.54) is 17.7 Å². The topological polar surface area (TPSA) is 76.0 Å². The van der Waals surface area contributed by atoms with Crippen LogP contribution < -0.4 is 10.1 Å². The molecule has 0 aliphatic carbocycles. The van der Waals surface area contributed by atoms with Crippen LogP contribution in [-0.4, -0.2) is 65.1 Å². The van der Waals surface area contributed by atoms with Crippen molar-refractivity contribution in [2.24, 2.45) is 7.05 Å². The number of aromatic nitrogens is 1. The second kappa shape index (κ2) is 14.7. The van der Waals surface area contributed by atoms with Gasteiger partial charge in [-0.25, -0.2) is 4.39 Å². The van der Waals surface area contributed by atoms with Crippen LogP contribution in [0.1, 0.15) is 43.1 Å².